The molecule has 770 valence electrons. The van der Waals surface area contributed by atoms with Crippen LogP contribution in [0, 0.1) is 188 Å². The Morgan fingerprint density at radius 3 is 0.673 bits per heavy atom. The Balaban J connectivity index is 0.000000129. The van der Waals surface area contributed by atoms with Crippen molar-refractivity contribution >= 4 is 92.1 Å². The van der Waals surface area contributed by atoms with Crippen molar-refractivity contribution in [1.82, 2.24) is 0 Å². The predicted molar refractivity (Wildman–Crippen MR) is 554 cm³/mol. The smallest absolute Gasteiger partial charge is 0.170 e. The molecule has 7 aliphatic carbocycles. The van der Waals surface area contributed by atoms with Gasteiger partial charge in [0.25, 0.3) is 0 Å². The zero-order valence-corrected chi connectivity index (χ0v) is 85.0. The number of aryl methyl sites for hydroxylation is 7. The quantitative estimate of drug-likeness (QED) is 0.110. The third kappa shape index (κ3) is 23.1. The lowest BCUT2D eigenvalue weighted by atomic mass is 9.84. The van der Waals surface area contributed by atoms with Gasteiger partial charge in [0.2, 0.25) is 0 Å². The van der Waals surface area contributed by atoms with Crippen molar-refractivity contribution in [1.29, 1.82) is 0 Å². The topological polar surface area (TPSA) is 0 Å². The van der Waals surface area contributed by atoms with Gasteiger partial charge in [0.15, 0.2) is 81.4 Å². The average molecular weight is 2030 g/mol. The summed E-state index contributed by atoms with van der Waals surface area (Å²) < 4.78 is 298. The highest BCUT2D eigenvalue weighted by atomic mass is 19.2. The first kappa shape index (κ1) is 109. The van der Waals surface area contributed by atoms with Crippen LogP contribution in [0.5, 0.6) is 0 Å². The summed E-state index contributed by atoms with van der Waals surface area (Å²) in [7, 11) is 0. The molecule has 0 saturated carbocycles. The second-order valence-electron chi connectivity index (χ2n) is 41.5. The number of rotatable bonds is 7. The molecule has 147 heavy (non-hydrogen) atoms. The van der Waals surface area contributed by atoms with Gasteiger partial charge in [-0.2, -0.15) is 0 Å². The van der Waals surface area contributed by atoms with Gasteiger partial charge in [-0.05, 0) is 411 Å². The maximum atomic E-state index is 14.7. The van der Waals surface area contributed by atoms with E-state index in [-0.39, 0.29) is 89.2 Å². The van der Waals surface area contributed by atoms with Crippen LogP contribution in [-0.4, -0.2) is 0 Å². The lowest BCUT2D eigenvalue weighted by Crippen LogP contribution is -2.08. The first-order chi connectivity index (χ1) is 69.9. The Kier molecular flexibility index (Phi) is 34.2. The molecule has 0 radical (unpaired) electrons. The standard InChI is InChI=1S/7C18H17F3/c3*1-10-3-6-12(7-4-10)14-9-13-8-5-11(2)16(19)15(13)18(21)17(14)20;4*1-10-3-5-12(6-4-10)14-8-7-13-9-11(2)16(19)18(21)15(13)17(14)20/h5-6,8-10H,3-4,7H2,1-2H3;2*3,5,8-9,12H,4,6-7H2,1-2H3;2*5,7-10H,3-4,6H2,1-2H3;2*3,7-9,12H,4-6H2,1-2H3. The summed E-state index contributed by atoms with van der Waals surface area (Å²) in [6.07, 6.45) is 32.1. The summed E-state index contributed by atoms with van der Waals surface area (Å²) in [4.78, 5) is 0. The van der Waals surface area contributed by atoms with Gasteiger partial charge in [0, 0.05) is 16.7 Å². The maximum absolute atomic E-state index is 14.7. The molecule has 7 aliphatic rings. The van der Waals surface area contributed by atoms with Crippen LogP contribution in [0.15, 0.2) is 192 Å². The molecular weight excluding hydrogens is 1910 g/mol. The van der Waals surface area contributed by atoms with Crippen LogP contribution in [0.25, 0.3) is 92.1 Å². The van der Waals surface area contributed by atoms with E-state index in [1.165, 1.54) is 74.3 Å². The Bertz CT molecular complexity index is 7360. The highest BCUT2D eigenvalue weighted by Gasteiger charge is 2.33. The van der Waals surface area contributed by atoms with Crippen molar-refractivity contribution in [2.75, 3.05) is 0 Å². The third-order valence-electron chi connectivity index (χ3n) is 30.7. The van der Waals surface area contributed by atoms with Gasteiger partial charge < -0.3 is 0 Å². The molecule has 0 saturated heterocycles. The normalized spacial score (nSPS) is 18.9. The van der Waals surface area contributed by atoms with E-state index in [0.717, 1.165) is 139 Å². The predicted octanol–water partition coefficient (Wildman–Crippen LogP) is 40.4. The number of fused-ring (bicyclic) bond motifs is 7. The zero-order valence-electron chi connectivity index (χ0n) is 85.0. The summed E-state index contributed by atoms with van der Waals surface area (Å²) in [5.74, 6) is -16.9. The van der Waals surface area contributed by atoms with Gasteiger partial charge in [-0.1, -0.05) is 171 Å². The van der Waals surface area contributed by atoms with Crippen LogP contribution in [0.4, 0.5) is 92.2 Å². The van der Waals surface area contributed by atoms with Gasteiger partial charge in [-0.3, -0.25) is 0 Å². The fourth-order valence-electron chi connectivity index (χ4n) is 21.2. The van der Waals surface area contributed by atoms with Crippen LogP contribution in [0.2, 0.25) is 0 Å². The Morgan fingerprint density at radius 1 is 0.170 bits per heavy atom. The van der Waals surface area contributed by atoms with Gasteiger partial charge in [0.05, 0.1) is 37.7 Å². The van der Waals surface area contributed by atoms with Crippen molar-refractivity contribution in [2.24, 2.45) is 17.8 Å². The highest BCUT2D eigenvalue weighted by molar-refractivity contribution is 5.93. The number of allylic oxidation sites excluding steroid dienone is 14. The second kappa shape index (κ2) is 46.2. The summed E-state index contributed by atoms with van der Waals surface area (Å²) in [5, 5.41) is 1.25. The minimum Gasteiger partial charge on any atom is -0.206 e. The minimum atomic E-state index is -1.09. The van der Waals surface area contributed by atoms with Gasteiger partial charge >= 0.3 is 0 Å². The van der Waals surface area contributed by atoms with E-state index < -0.39 is 122 Å². The van der Waals surface area contributed by atoms with Gasteiger partial charge in [-0.25, -0.2) is 92.2 Å². The van der Waals surface area contributed by atoms with E-state index in [2.05, 4.69) is 58.9 Å². The van der Waals surface area contributed by atoms with E-state index in [4.69, 9.17) is 0 Å². The monoisotopic (exact) mass is 2030 g/mol. The van der Waals surface area contributed by atoms with Crippen LogP contribution in [0.1, 0.15) is 285 Å². The first-order valence-electron chi connectivity index (χ1n) is 50.6. The lowest BCUT2D eigenvalue weighted by Gasteiger charge is -2.22. The molecular formula is C126H119F21. The SMILES string of the molecule is CC1=CCC(c2cc3ccc(C)c(F)c3c(F)c2F)CC1.CC1=CCC(c2cc3ccc(C)c(F)c3c(F)c2F)CC1.CC1=CCC(c2ccc3cc(C)c(F)c(F)c3c2F)CC1.CC1=CCC(c2ccc3cc(C)c(F)c(F)c3c2F)CC1.Cc1cc2ccc(C3=CCC(C)CC3)c(F)c2c(F)c1F.Cc1cc2ccc(C3=CCC(C)CC3)c(F)c2c(F)c1F.Cc1ccc2cc(C3=CCC(C)CC3)c(F)c(F)c2c1F. The molecule has 0 aliphatic heterocycles. The second-order valence-corrected chi connectivity index (χ2v) is 41.5. The van der Waals surface area contributed by atoms with E-state index in [0.29, 0.717) is 118 Å². The molecule has 0 spiro atoms. The number of hydrogen-bond donors (Lipinski definition) is 0. The van der Waals surface area contributed by atoms with Gasteiger partial charge in [0.1, 0.15) is 40.7 Å². The van der Waals surface area contributed by atoms with E-state index >= 15 is 0 Å². The molecule has 0 aromatic heterocycles. The first-order valence-corrected chi connectivity index (χ1v) is 50.6. The third-order valence-corrected chi connectivity index (χ3v) is 30.7. The molecule has 0 heterocycles. The van der Waals surface area contributed by atoms with Crippen LogP contribution < -0.4 is 0 Å². The highest BCUT2D eigenvalue weighted by Crippen LogP contribution is 2.47. The zero-order chi connectivity index (χ0) is 106. The summed E-state index contributed by atoms with van der Waals surface area (Å²) in [6, 6.07) is 34.0. The fraction of sp³-hybridized carbons (Fsp3) is 0.333. The largest absolute Gasteiger partial charge is 0.206 e. The van der Waals surface area contributed by atoms with Crippen LogP contribution in [-0.2, 0) is 0 Å². The van der Waals surface area contributed by atoms with E-state index in [1.54, 1.807) is 124 Å². The Morgan fingerprint density at radius 2 is 0.401 bits per heavy atom. The Labute approximate surface area is 845 Å². The molecule has 0 bridgehead atoms. The molecule has 21 heteroatoms. The van der Waals surface area contributed by atoms with Crippen LogP contribution in [0.3, 0.4) is 0 Å². The number of halogens is 21. The van der Waals surface area contributed by atoms with Crippen molar-refractivity contribution in [3.63, 3.8) is 0 Å². The van der Waals surface area contributed by atoms with E-state index in [9.17, 15) is 92.2 Å². The Hall–Kier alpha value is -12.4. The molecule has 7 unspecified atom stereocenters. The molecule has 14 aromatic carbocycles. The fourth-order valence-corrected chi connectivity index (χ4v) is 21.2. The molecule has 0 amide bonds. The lowest BCUT2D eigenvalue weighted by molar-refractivity contribution is 0.480. The molecule has 14 aromatic rings. The van der Waals surface area contributed by atoms with E-state index in [1.807, 2.05) is 32.1 Å². The molecule has 0 fully saturated rings. The van der Waals surface area contributed by atoms with Gasteiger partial charge in [-0.15, -0.1) is 0 Å². The number of benzene rings is 14. The molecule has 7 atom stereocenters. The van der Waals surface area contributed by atoms with Crippen molar-refractivity contribution < 1.29 is 92.2 Å². The average Bonchev–Trinajstić information content (AvgIpc) is 0.511. The van der Waals surface area contributed by atoms with Crippen LogP contribution >= 0.6 is 0 Å². The van der Waals surface area contributed by atoms with Crippen molar-refractivity contribution in [3.05, 3.63) is 392 Å². The minimum absolute atomic E-state index is 0.0306. The summed E-state index contributed by atoms with van der Waals surface area (Å²) in [5.41, 5.74) is 12.3. The summed E-state index contributed by atoms with van der Waals surface area (Å²) in [6.45, 7) is 25.2. The van der Waals surface area contributed by atoms with Crippen molar-refractivity contribution in [3.8, 4) is 0 Å². The maximum Gasteiger partial charge on any atom is 0.170 e. The summed E-state index contributed by atoms with van der Waals surface area (Å²) >= 11 is 0. The number of hydrogen-bond acceptors (Lipinski definition) is 0. The molecule has 21 rings (SSSR count). The van der Waals surface area contributed by atoms with Crippen molar-refractivity contribution in [2.45, 2.75) is 255 Å². The molecule has 0 nitrogen and oxygen atoms in total. The molecule has 0 N–H and O–H groups in total.